The molecule has 74 valence electrons. The number of nitrogens with zero attached hydrogens (tertiary/aromatic N) is 1. The zero-order valence-electron chi connectivity index (χ0n) is 7.73. The van der Waals surface area contributed by atoms with Crippen molar-refractivity contribution < 1.29 is 14.8 Å². The second kappa shape index (κ2) is 3.45. The van der Waals surface area contributed by atoms with E-state index in [1.54, 1.807) is 0 Å². The van der Waals surface area contributed by atoms with Gasteiger partial charge in [0.05, 0.1) is 4.92 Å². The Morgan fingerprint density at radius 1 is 1.36 bits per heavy atom. The lowest BCUT2D eigenvalue weighted by Gasteiger charge is -2.15. The second-order valence-electron chi connectivity index (χ2n) is 2.94. The van der Waals surface area contributed by atoms with Gasteiger partial charge in [0.15, 0.2) is 0 Å². The number of rotatable bonds is 2. The van der Waals surface area contributed by atoms with Crippen molar-refractivity contribution in [3.8, 4) is 5.75 Å². The Morgan fingerprint density at radius 3 is 2.36 bits per heavy atom. The average molecular weight is 194 g/mol. The molecule has 0 radical (unpaired) electrons. The summed E-state index contributed by atoms with van der Waals surface area (Å²) in [6.07, 6.45) is 0.335. The minimum atomic E-state index is -0.602. The summed E-state index contributed by atoms with van der Waals surface area (Å²) in [4.78, 5) is 20.4. The zero-order chi connectivity index (χ0) is 10.9. The Hall–Kier alpha value is -1.91. The number of benzene rings is 1. The van der Waals surface area contributed by atoms with Gasteiger partial charge < -0.3 is 5.11 Å². The Morgan fingerprint density at radius 2 is 1.93 bits per heavy atom. The molecule has 0 bridgehead atoms. The zero-order valence-corrected chi connectivity index (χ0v) is 7.73. The smallest absolute Gasteiger partial charge is 0.273 e. The summed E-state index contributed by atoms with van der Waals surface area (Å²) >= 11 is 0. The first-order valence-electron chi connectivity index (χ1n) is 3.89. The summed E-state index contributed by atoms with van der Waals surface area (Å²) in [6.45, 7) is 2.96. The molecule has 0 aliphatic heterocycles. The van der Waals surface area contributed by atoms with Crippen LogP contribution in [0.2, 0.25) is 0 Å². The van der Waals surface area contributed by atoms with E-state index in [0.29, 0.717) is 11.8 Å². The van der Waals surface area contributed by atoms with Crippen LogP contribution in [0.4, 0.5) is 5.69 Å². The lowest BCUT2D eigenvalue weighted by Crippen LogP contribution is -2.04. The summed E-state index contributed by atoms with van der Waals surface area (Å²) in [5, 5.41) is 21.9. The van der Waals surface area contributed by atoms with E-state index >= 15 is 0 Å². The van der Waals surface area contributed by atoms with Crippen LogP contribution in [0, 0.1) is 24.0 Å². The van der Waals surface area contributed by atoms with Gasteiger partial charge in [-0.15, -0.1) is 0 Å². The van der Waals surface area contributed by atoms with Gasteiger partial charge in [0.25, 0.3) is 5.69 Å². The molecule has 0 saturated carbocycles. The number of hydrogen-bond acceptors (Lipinski definition) is 4. The van der Waals surface area contributed by atoms with Crippen molar-refractivity contribution >= 4 is 12.0 Å². The van der Waals surface area contributed by atoms with E-state index in [-0.39, 0.29) is 16.8 Å². The van der Waals surface area contributed by atoms with Crippen LogP contribution in [0.15, 0.2) is 6.07 Å². The second-order valence-corrected chi connectivity index (χ2v) is 2.94. The standard InChI is InChI=1S/C9H9NO4/c1-5-6(2)9(12)7(4-11)3-8(5)10(13)14/h3-4,12H,1-2H3/p-1. The predicted molar refractivity (Wildman–Crippen MR) is 47.4 cm³/mol. The van der Waals surface area contributed by atoms with Crippen LogP contribution in [0.5, 0.6) is 5.75 Å². The highest BCUT2D eigenvalue weighted by Gasteiger charge is 2.14. The monoisotopic (exact) mass is 194 g/mol. The van der Waals surface area contributed by atoms with E-state index in [1.165, 1.54) is 13.8 Å². The predicted octanol–water partition coefficient (Wildman–Crippen LogP) is 1.10. The topological polar surface area (TPSA) is 83.3 Å². The van der Waals surface area contributed by atoms with Gasteiger partial charge in [0.1, 0.15) is 6.29 Å². The van der Waals surface area contributed by atoms with Gasteiger partial charge in [-0.25, -0.2) is 0 Å². The summed E-state index contributed by atoms with van der Waals surface area (Å²) in [5.74, 6) is -0.442. The Kier molecular flexibility index (Phi) is 2.51. The molecule has 0 aromatic heterocycles. The number of nitro benzene ring substituents is 1. The maximum atomic E-state index is 11.3. The summed E-state index contributed by atoms with van der Waals surface area (Å²) < 4.78 is 0. The molecule has 5 heteroatoms. The molecule has 1 aromatic carbocycles. The Bertz CT molecular complexity index is 412. The Balaban J connectivity index is 3.56. The quantitative estimate of drug-likeness (QED) is 0.401. The third-order valence-electron chi connectivity index (χ3n) is 2.17. The molecular formula is C9H8NO4-. The van der Waals surface area contributed by atoms with Gasteiger partial charge in [-0.2, -0.15) is 0 Å². The van der Waals surface area contributed by atoms with Crippen LogP contribution in [0.3, 0.4) is 0 Å². The molecule has 0 atom stereocenters. The van der Waals surface area contributed by atoms with Crippen LogP contribution in [-0.2, 0) is 0 Å². The van der Waals surface area contributed by atoms with Crippen LogP contribution in [0.25, 0.3) is 0 Å². The van der Waals surface area contributed by atoms with Crippen molar-refractivity contribution in [2.45, 2.75) is 13.8 Å². The molecule has 0 N–H and O–H groups in total. The fourth-order valence-electron chi connectivity index (χ4n) is 1.18. The molecule has 0 heterocycles. The number of carbonyl (C=O) groups excluding carboxylic acids is 1. The first-order valence-corrected chi connectivity index (χ1v) is 3.89. The fourth-order valence-corrected chi connectivity index (χ4v) is 1.18. The first-order chi connectivity index (χ1) is 6.49. The highest BCUT2D eigenvalue weighted by Crippen LogP contribution is 2.29. The van der Waals surface area contributed by atoms with E-state index in [2.05, 4.69) is 0 Å². The molecule has 1 aromatic rings. The maximum Gasteiger partial charge on any atom is 0.273 e. The lowest BCUT2D eigenvalue weighted by molar-refractivity contribution is -0.385. The van der Waals surface area contributed by atoms with E-state index in [0.717, 1.165) is 6.07 Å². The van der Waals surface area contributed by atoms with Crippen molar-refractivity contribution in [1.82, 2.24) is 0 Å². The highest BCUT2D eigenvalue weighted by atomic mass is 16.6. The maximum absolute atomic E-state index is 11.3. The van der Waals surface area contributed by atoms with Crippen molar-refractivity contribution in [1.29, 1.82) is 0 Å². The minimum absolute atomic E-state index is 0.167. The van der Waals surface area contributed by atoms with Crippen LogP contribution in [0.1, 0.15) is 21.5 Å². The van der Waals surface area contributed by atoms with Crippen molar-refractivity contribution in [3.63, 3.8) is 0 Å². The summed E-state index contributed by atoms with van der Waals surface area (Å²) in [6, 6.07) is 1.01. The van der Waals surface area contributed by atoms with Crippen LogP contribution in [-0.4, -0.2) is 11.2 Å². The van der Waals surface area contributed by atoms with E-state index in [4.69, 9.17) is 0 Å². The average Bonchev–Trinajstić information content (AvgIpc) is 2.14. The van der Waals surface area contributed by atoms with Gasteiger partial charge in [-0.05, 0) is 19.4 Å². The molecule has 1 rings (SSSR count). The van der Waals surface area contributed by atoms with E-state index < -0.39 is 10.7 Å². The van der Waals surface area contributed by atoms with Crippen LogP contribution < -0.4 is 5.11 Å². The molecule has 5 nitrogen and oxygen atoms in total. The molecular weight excluding hydrogens is 186 g/mol. The number of hydrogen-bond donors (Lipinski definition) is 0. The molecule has 0 fully saturated rings. The van der Waals surface area contributed by atoms with Gasteiger partial charge >= 0.3 is 0 Å². The highest BCUT2D eigenvalue weighted by molar-refractivity contribution is 5.82. The van der Waals surface area contributed by atoms with Crippen molar-refractivity contribution in [3.05, 3.63) is 32.9 Å². The number of aldehydes is 1. The summed E-state index contributed by atoms with van der Waals surface area (Å²) in [7, 11) is 0. The summed E-state index contributed by atoms with van der Waals surface area (Å²) in [5.41, 5.74) is 0.205. The molecule has 0 saturated heterocycles. The SMILES string of the molecule is Cc1c([N+](=O)[O-])cc(C=O)c([O-])c1C. The van der Waals surface area contributed by atoms with Crippen molar-refractivity contribution in [2.24, 2.45) is 0 Å². The first kappa shape index (κ1) is 10.2. The van der Waals surface area contributed by atoms with Gasteiger partial charge in [-0.1, -0.05) is 5.75 Å². The van der Waals surface area contributed by atoms with Crippen LogP contribution >= 0.6 is 0 Å². The molecule has 0 spiro atoms. The van der Waals surface area contributed by atoms with Gasteiger partial charge in [0, 0.05) is 17.2 Å². The van der Waals surface area contributed by atoms with Gasteiger partial charge in [-0.3, -0.25) is 14.9 Å². The molecule has 0 amide bonds. The third kappa shape index (κ3) is 1.44. The van der Waals surface area contributed by atoms with E-state index in [9.17, 15) is 20.0 Å². The van der Waals surface area contributed by atoms with Gasteiger partial charge in [0.2, 0.25) is 0 Å². The normalized spacial score (nSPS) is 9.86. The number of nitro groups is 1. The van der Waals surface area contributed by atoms with Crippen molar-refractivity contribution in [2.75, 3.05) is 0 Å². The number of carbonyl (C=O) groups is 1. The lowest BCUT2D eigenvalue weighted by atomic mass is 10.0. The minimum Gasteiger partial charge on any atom is -0.872 e. The molecule has 0 aliphatic rings. The Labute approximate surface area is 80.1 Å². The largest absolute Gasteiger partial charge is 0.872 e. The molecule has 0 aliphatic carbocycles. The third-order valence-corrected chi connectivity index (χ3v) is 2.17. The molecule has 14 heavy (non-hydrogen) atoms. The fraction of sp³-hybridized carbons (Fsp3) is 0.222. The molecule has 0 unspecified atom stereocenters. The van der Waals surface area contributed by atoms with E-state index in [1.807, 2.05) is 0 Å².